The van der Waals surface area contributed by atoms with Gasteiger partial charge in [0.15, 0.2) is 6.29 Å². The summed E-state index contributed by atoms with van der Waals surface area (Å²) in [7, 11) is 0. The highest BCUT2D eigenvalue weighted by Crippen LogP contribution is 2.29. The van der Waals surface area contributed by atoms with E-state index in [1.807, 2.05) is 13.8 Å². The van der Waals surface area contributed by atoms with Gasteiger partial charge in [0.05, 0.1) is 12.7 Å². The third kappa shape index (κ3) is 1.17. The Morgan fingerprint density at radius 1 is 1.30 bits per heavy atom. The maximum Gasteiger partial charge on any atom is 0.157 e. The molecule has 4 atom stereocenters. The summed E-state index contributed by atoms with van der Waals surface area (Å²) in [4.78, 5) is 0. The summed E-state index contributed by atoms with van der Waals surface area (Å²) in [6.07, 6.45) is -0.864. The largest absolute Gasteiger partial charge is 0.394 e. The number of ether oxygens (including phenoxy) is 1. The summed E-state index contributed by atoms with van der Waals surface area (Å²) in [6.45, 7) is 3.90. The van der Waals surface area contributed by atoms with E-state index < -0.39 is 6.29 Å². The molecule has 0 bridgehead atoms. The summed E-state index contributed by atoms with van der Waals surface area (Å²) in [6, 6.07) is 0. The van der Waals surface area contributed by atoms with Crippen molar-refractivity contribution < 1.29 is 14.9 Å². The van der Waals surface area contributed by atoms with Crippen LogP contribution in [0.15, 0.2) is 0 Å². The summed E-state index contributed by atoms with van der Waals surface area (Å²) in [5.41, 5.74) is 0. The third-order valence-corrected chi connectivity index (χ3v) is 2.36. The van der Waals surface area contributed by atoms with Crippen LogP contribution in [0.4, 0.5) is 0 Å². The highest BCUT2D eigenvalue weighted by Gasteiger charge is 2.37. The van der Waals surface area contributed by atoms with Gasteiger partial charge in [0.25, 0.3) is 0 Å². The van der Waals surface area contributed by atoms with Crippen LogP contribution in [-0.4, -0.2) is 29.2 Å². The zero-order chi connectivity index (χ0) is 7.72. The second kappa shape index (κ2) is 2.86. The van der Waals surface area contributed by atoms with Gasteiger partial charge in [0, 0.05) is 5.92 Å². The topological polar surface area (TPSA) is 49.7 Å². The molecule has 1 fully saturated rings. The lowest BCUT2D eigenvalue weighted by Crippen LogP contribution is -2.19. The molecule has 0 aromatic rings. The Morgan fingerprint density at radius 3 is 2.10 bits per heavy atom. The molecule has 0 aromatic heterocycles. The zero-order valence-electron chi connectivity index (χ0n) is 6.32. The molecule has 0 radical (unpaired) electrons. The SMILES string of the molecule is CC1C(O)OC(CO)C1C. The normalized spacial score (nSPS) is 48.0. The van der Waals surface area contributed by atoms with E-state index in [1.54, 1.807) is 0 Å². The monoisotopic (exact) mass is 146 g/mol. The molecular formula is C7H14O3. The highest BCUT2D eigenvalue weighted by molar-refractivity contribution is 4.79. The van der Waals surface area contributed by atoms with Crippen LogP contribution in [0.2, 0.25) is 0 Å². The van der Waals surface area contributed by atoms with Gasteiger partial charge in [-0.1, -0.05) is 13.8 Å². The van der Waals surface area contributed by atoms with Gasteiger partial charge in [-0.3, -0.25) is 0 Å². The minimum absolute atomic E-state index is 0.00255. The molecule has 1 saturated heterocycles. The maximum absolute atomic E-state index is 9.14. The van der Waals surface area contributed by atoms with Crippen molar-refractivity contribution in [1.82, 2.24) is 0 Å². The van der Waals surface area contributed by atoms with Gasteiger partial charge >= 0.3 is 0 Å². The number of aliphatic hydroxyl groups is 2. The van der Waals surface area contributed by atoms with E-state index in [0.29, 0.717) is 0 Å². The molecule has 1 aliphatic rings. The average Bonchev–Trinajstić information content (AvgIpc) is 2.17. The molecule has 0 saturated carbocycles. The molecular weight excluding hydrogens is 132 g/mol. The van der Waals surface area contributed by atoms with Gasteiger partial charge in [-0.25, -0.2) is 0 Å². The minimum Gasteiger partial charge on any atom is -0.394 e. The first-order valence-corrected chi connectivity index (χ1v) is 3.61. The van der Waals surface area contributed by atoms with Crippen LogP contribution in [0, 0.1) is 11.8 Å². The number of rotatable bonds is 1. The Kier molecular flexibility index (Phi) is 2.28. The molecule has 10 heavy (non-hydrogen) atoms. The highest BCUT2D eigenvalue weighted by atomic mass is 16.6. The van der Waals surface area contributed by atoms with Crippen LogP contribution >= 0.6 is 0 Å². The first kappa shape index (κ1) is 7.98. The van der Waals surface area contributed by atoms with Crippen molar-refractivity contribution in [3.63, 3.8) is 0 Å². The molecule has 1 aliphatic heterocycles. The molecule has 60 valence electrons. The molecule has 1 rings (SSSR count). The fourth-order valence-corrected chi connectivity index (χ4v) is 1.23. The zero-order valence-corrected chi connectivity index (χ0v) is 6.32. The van der Waals surface area contributed by atoms with Crippen LogP contribution in [0.3, 0.4) is 0 Å². The van der Waals surface area contributed by atoms with Crippen molar-refractivity contribution in [2.45, 2.75) is 26.2 Å². The summed E-state index contributed by atoms with van der Waals surface area (Å²) in [5.74, 6) is 0.386. The second-order valence-electron chi connectivity index (χ2n) is 2.97. The number of aliphatic hydroxyl groups excluding tert-OH is 2. The van der Waals surface area contributed by atoms with E-state index >= 15 is 0 Å². The molecule has 0 aromatic carbocycles. The van der Waals surface area contributed by atoms with Crippen LogP contribution in [0.5, 0.6) is 0 Å². The lowest BCUT2D eigenvalue weighted by atomic mass is 9.94. The van der Waals surface area contributed by atoms with Gasteiger partial charge in [-0.15, -0.1) is 0 Å². The molecule has 1 heterocycles. The number of hydrogen-bond donors (Lipinski definition) is 2. The molecule has 3 heteroatoms. The Bertz CT molecular complexity index is 115. The van der Waals surface area contributed by atoms with E-state index in [9.17, 15) is 0 Å². The molecule has 0 amide bonds. The first-order chi connectivity index (χ1) is 4.66. The Morgan fingerprint density at radius 2 is 1.90 bits per heavy atom. The molecule has 4 unspecified atom stereocenters. The van der Waals surface area contributed by atoms with Crippen LogP contribution in [0.1, 0.15) is 13.8 Å². The van der Waals surface area contributed by atoms with E-state index in [1.165, 1.54) is 0 Å². The quantitative estimate of drug-likeness (QED) is 0.546. The van der Waals surface area contributed by atoms with Gasteiger partial charge in [0.1, 0.15) is 0 Å². The summed E-state index contributed by atoms with van der Waals surface area (Å²) < 4.78 is 5.04. The molecule has 3 nitrogen and oxygen atoms in total. The van der Waals surface area contributed by atoms with Crippen molar-refractivity contribution in [3.8, 4) is 0 Å². The van der Waals surface area contributed by atoms with Crippen molar-refractivity contribution in [2.24, 2.45) is 11.8 Å². The van der Waals surface area contributed by atoms with E-state index in [0.717, 1.165) is 0 Å². The van der Waals surface area contributed by atoms with Crippen LogP contribution in [-0.2, 0) is 4.74 Å². The fraction of sp³-hybridized carbons (Fsp3) is 1.00. The number of hydrogen-bond acceptors (Lipinski definition) is 3. The van der Waals surface area contributed by atoms with E-state index in [2.05, 4.69) is 0 Å². The minimum atomic E-state index is -0.688. The predicted octanol–water partition coefficient (Wildman–Crippen LogP) is -0.0319. The van der Waals surface area contributed by atoms with Gasteiger partial charge in [-0.05, 0) is 5.92 Å². The van der Waals surface area contributed by atoms with Crippen molar-refractivity contribution in [3.05, 3.63) is 0 Å². The molecule has 0 aliphatic carbocycles. The van der Waals surface area contributed by atoms with Gasteiger partial charge in [0.2, 0.25) is 0 Å². The molecule has 0 spiro atoms. The lowest BCUT2D eigenvalue weighted by Gasteiger charge is -2.11. The third-order valence-electron chi connectivity index (χ3n) is 2.36. The van der Waals surface area contributed by atoms with Gasteiger partial charge < -0.3 is 14.9 Å². The lowest BCUT2D eigenvalue weighted by molar-refractivity contribution is -0.115. The van der Waals surface area contributed by atoms with Crippen molar-refractivity contribution >= 4 is 0 Å². The van der Waals surface area contributed by atoms with Crippen molar-refractivity contribution in [1.29, 1.82) is 0 Å². The fourth-order valence-electron chi connectivity index (χ4n) is 1.23. The van der Waals surface area contributed by atoms with Crippen LogP contribution in [0.25, 0.3) is 0 Å². The van der Waals surface area contributed by atoms with Crippen LogP contribution < -0.4 is 0 Å². The Labute approximate surface area is 60.6 Å². The first-order valence-electron chi connectivity index (χ1n) is 3.61. The summed E-state index contributed by atoms with van der Waals surface area (Å²) >= 11 is 0. The molecule has 2 N–H and O–H groups in total. The Balaban J connectivity index is 2.53. The Hall–Kier alpha value is -0.120. The summed E-state index contributed by atoms with van der Waals surface area (Å²) in [5, 5.41) is 17.9. The van der Waals surface area contributed by atoms with Gasteiger partial charge in [-0.2, -0.15) is 0 Å². The smallest absolute Gasteiger partial charge is 0.157 e. The van der Waals surface area contributed by atoms with E-state index in [4.69, 9.17) is 14.9 Å². The van der Waals surface area contributed by atoms with Crippen molar-refractivity contribution in [2.75, 3.05) is 6.61 Å². The second-order valence-corrected chi connectivity index (χ2v) is 2.97. The maximum atomic E-state index is 9.14. The average molecular weight is 146 g/mol. The predicted molar refractivity (Wildman–Crippen MR) is 36.3 cm³/mol. The van der Waals surface area contributed by atoms with E-state index in [-0.39, 0.29) is 24.5 Å². The standard InChI is InChI=1S/C7H14O3/c1-4-5(2)7(9)10-6(4)3-8/h4-9H,3H2,1-2H3.